The number of aromatic nitrogens is 2. The monoisotopic (exact) mass is 308 g/mol. The first kappa shape index (κ1) is 16.8. The third kappa shape index (κ3) is 4.47. The van der Waals surface area contributed by atoms with E-state index >= 15 is 0 Å². The molecule has 6 heteroatoms. The first-order chi connectivity index (χ1) is 10.3. The van der Waals surface area contributed by atoms with Crippen molar-refractivity contribution < 1.29 is 9.53 Å². The molecule has 1 saturated heterocycles. The highest BCUT2D eigenvalue weighted by atomic mass is 16.6. The molecular formula is C16H28N4O2. The summed E-state index contributed by atoms with van der Waals surface area (Å²) in [5, 5.41) is 10.5. The summed E-state index contributed by atoms with van der Waals surface area (Å²) in [6.07, 6.45) is 3.54. The lowest BCUT2D eigenvalue weighted by Crippen LogP contribution is -2.50. The second-order valence-corrected chi connectivity index (χ2v) is 7.15. The molecule has 1 aromatic heterocycles. The second-order valence-electron chi connectivity index (χ2n) is 7.15. The van der Waals surface area contributed by atoms with Gasteiger partial charge in [-0.15, -0.1) is 0 Å². The van der Waals surface area contributed by atoms with E-state index in [-0.39, 0.29) is 12.1 Å². The Morgan fingerprint density at radius 3 is 2.82 bits per heavy atom. The highest BCUT2D eigenvalue weighted by Gasteiger charge is 2.31. The van der Waals surface area contributed by atoms with E-state index in [9.17, 15) is 4.79 Å². The van der Waals surface area contributed by atoms with Gasteiger partial charge in [-0.05, 0) is 47.5 Å². The number of H-pyrrole nitrogens is 1. The highest BCUT2D eigenvalue weighted by Crippen LogP contribution is 2.21. The molecule has 1 aliphatic rings. The Labute approximate surface area is 132 Å². The van der Waals surface area contributed by atoms with E-state index in [1.165, 1.54) is 5.56 Å². The van der Waals surface area contributed by atoms with Crippen molar-refractivity contribution in [3.8, 4) is 0 Å². The Kier molecular flexibility index (Phi) is 5.11. The molecule has 22 heavy (non-hydrogen) atoms. The molecule has 6 nitrogen and oxygen atoms in total. The summed E-state index contributed by atoms with van der Waals surface area (Å²) in [7, 11) is 0. The average Bonchev–Trinajstić information content (AvgIpc) is 2.80. The van der Waals surface area contributed by atoms with E-state index in [4.69, 9.17) is 4.74 Å². The number of nitrogens with zero attached hydrogens (tertiary/aromatic N) is 2. The summed E-state index contributed by atoms with van der Waals surface area (Å²) in [6, 6.07) is 0.606. The third-order valence-electron chi connectivity index (χ3n) is 4.02. The highest BCUT2D eigenvalue weighted by molar-refractivity contribution is 5.68. The van der Waals surface area contributed by atoms with Crippen LogP contribution in [-0.4, -0.2) is 45.4 Å². The molecule has 2 atom stereocenters. The molecular weight excluding hydrogens is 280 g/mol. The number of hydrogen-bond acceptors (Lipinski definition) is 4. The number of aromatic amines is 1. The normalized spacial score (nSPS) is 22.7. The Morgan fingerprint density at radius 2 is 2.27 bits per heavy atom. The van der Waals surface area contributed by atoms with Crippen LogP contribution in [0.2, 0.25) is 0 Å². The van der Waals surface area contributed by atoms with Crippen LogP contribution in [0.4, 0.5) is 4.79 Å². The van der Waals surface area contributed by atoms with Gasteiger partial charge in [0.1, 0.15) is 5.60 Å². The number of amides is 1. The number of aryl methyl sites for hydroxylation is 1. The molecule has 2 heterocycles. The molecule has 0 radical (unpaired) electrons. The third-order valence-corrected chi connectivity index (χ3v) is 4.02. The topological polar surface area (TPSA) is 70.2 Å². The minimum Gasteiger partial charge on any atom is -0.444 e. The molecule has 2 unspecified atom stereocenters. The number of piperidine rings is 1. The summed E-state index contributed by atoms with van der Waals surface area (Å²) in [6.45, 7) is 11.4. The van der Waals surface area contributed by atoms with Gasteiger partial charge in [0.05, 0.1) is 6.20 Å². The zero-order chi connectivity index (χ0) is 16.3. The summed E-state index contributed by atoms with van der Waals surface area (Å²) >= 11 is 0. The van der Waals surface area contributed by atoms with E-state index < -0.39 is 5.60 Å². The maximum absolute atomic E-state index is 12.2. The second kappa shape index (κ2) is 6.69. The molecule has 0 spiro atoms. The van der Waals surface area contributed by atoms with Gasteiger partial charge in [-0.3, -0.25) is 5.10 Å². The first-order valence-corrected chi connectivity index (χ1v) is 7.98. The van der Waals surface area contributed by atoms with Crippen LogP contribution >= 0.6 is 0 Å². The van der Waals surface area contributed by atoms with Crippen LogP contribution in [0, 0.1) is 6.92 Å². The Balaban J connectivity index is 1.82. The molecule has 2 N–H and O–H groups in total. The van der Waals surface area contributed by atoms with Crippen molar-refractivity contribution in [1.29, 1.82) is 0 Å². The first-order valence-electron chi connectivity index (χ1n) is 7.98. The number of rotatable bonds is 3. The van der Waals surface area contributed by atoms with Crippen LogP contribution in [-0.2, 0) is 11.3 Å². The fraction of sp³-hybridized carbons (Fsp3) is 0.750. The van der Waals surface area contributed by atoms with Crippen molar-refractivity contribution in [3.05, 3.63) is 17.5 Å². The number of ether oxygens (including phenoxy) is 1. The van der Waals surface area contributed by atoms with Crippen molar-refractivity contribution in [2.75, 3.05) is 6.54 Å². The predicted octanol–water partition coefficient (Wildman–Crippen LogP) is 2.60. The fourth-order valence-electron chi connectivity index (χ4n) is 2.76. The Bertz CT molecular complexity index is 506. The maximum Gasteiger partial charge on any atom is 0.410 e. The quantitative estimate of drug-likeness (QED) is 0.900. The number of likely N-dealkylation sites (tertiary alicyclic amines) is 1. The van der Waals surface area contributed by atoms with Gasteiger partial charge >= 0.3 is 6.09 Å². The van der Waals surface area contributed by atoms with E-state index in [0.29, 0.717) is 6.04 Å². The lowest BCUT2D eigenvalue weighted by molar-refractivity contribution is 0.00932. The molecule has 1 fully saturated rings. The van der Waals surface area contributed by atoms with Gasteiger partial charge in [-0.2, -0.15) is 5.10 Å². The largest absolute Gasteiger partial charge is 0.444 e. The van der Waals surface area contributed by atoms with E-state index in [1.807, 2.05) is 38.8 Å². The number of nitrogens with one attached hydrogen (secondary N) is 2. The van der Waals surface area contributed by atoms with Crippen molar-refractivity contribution in [2.45, 2.75) is 71.7 Å². The van der Waals surface area contributed by atoms with Crippen LogP contribution in [0.1, 0.15) is 51.8 Å². The van der Waals surface area contributed by atoms with Gasteiger partial charge < -0.3 is 15.0 Å². The molecule has 0 aliphatic carbocycles. The van der Waals surface area contributed by atoms with Crippen LogP contribution in [0.5, 0.6) is 0 Å². The summed E-state index contributed by atoms with van der Waals surface area (Å²) in [4.78, 5) is 14.0. The predicted molar refractivity (Wildman–Crippen MR) is 85.6 cm³/mol. The fourth-order valence-corrected chi connectivity index (χ4v) is 2.76. The average molecular weight is 308 g/mol. The number of hydrogen-bond donors (Lipinski definition) is 2. The van der Waals surface area contributed by atoms with Crippen molar-refractivity contribution in [3.63, 3.8) is 0 Å². The molecule has 1 aliphatic heterocycles. The minimum absolute atomic E-state index is 0.187. The van der Waals surface area contributed by atoms with E-state index in [2.05, 4.69) is 22.4 Å². The molecule has 0 aromatic carbocycles. The SMILES string of the molecule is Cc1[nH]ncc1CNC1CCN(C(=O)OC(C)(C)C)C(C)C1. The molecule has 0 saturated carbocycles. The van der Waals surface area contributed by atoms with Gasteiger partial charge in [-0.25, -0.2) is 4.79 Å². The van der Waals surface area contributed by atoms with Crippen molar-refractivity contribution in [2.24, 2.45) is 0 Å². The Hall–Kier alpha value is -1.56. The van der Waals surface area contributed by atoms with Crippen LogP contribution in [0.25, 0.3) is 0 Å². The molecule has 1 aromatic rings. The molecule has 0 bridgehead atoms. The van der Waals surface area contributed by atoms with Crippen LogP contribution in [0.15, 0.2) is 6.20 Å². The molecule has 1 amide bonds. The Morgan fingerprint density at radius 1 is 1.55 bits per heavy atom. The number of carbonyl (C=O) groups excluding carboxylic acids is 1. The lowest BCUT2D eigenvalue weighted by atomic mass is 9.98. The smallest absolute Gasteiger partial charge is 0.410 e. The van der Waals surface area contributed by atoms with E-state index in [0.717, 1.165) is 31.6 Å². The van der Waals surface area contributed by atoms with Gasteiger partial charge in [0.25, 0.3) is 0 Å². The van der Waals surface area contributed by atoms with Crippen LogP contribution in [0.3, 0.4) is 0 Å². The lowest BCUT2D eigenvalue weighted by Gasteiger charge is -2.38. The minimum atomic E-state index is -0.440. The van der Waals surface area contributed by atoms with Crippen molar-refractivity contribution in [1.82, 2.24) is 20.4 Å². The summed E-state index contributed by atoms with van der Waals surface area (Å²) in [5.41, 5.74) is 1.86. The van der Waals surface area contributed by atoms with E-state index in [1.54, 1.807) is 0 Å². The van der Waals surface area contributed by atoms with Gasteiger partial charge in [0.15, 0.2) is 0 Å². The van der Waals surface area contributed by atoms with Crippen LogP contribution < -0.4 is 5.32 Å². The summed E-state index contributed by atoms with van der Waals surface area (Å²) in [5.74, 6) is 0. The molecule has 124 valence electrons. The zero-order valence-corrected chi connectivity index (χ0v) is 14.3. The number of carbonyl (C=O) groups is 1. The summed E-state index contributed by atoms with van der Waals surface area (Å²) < 4.78 is 5.47. The maximum atomic E-state index is 12.2. The van der Waals surface area contributed by atoms with Crippen molar-refractivity contribution >= 4 is 6.09 Å². The molecule has 2 rings (SSSR count). The van der Waals surface area contributed by atoms with Gasteiger partial charge in [0.2, 0.25) is 0 Å². The standard InChI is InChI=1S/C16H28N4O2/c1-11-8-14(17-9-13-10-18-19-12(13)2)6-7-20(11)15(21)22-16(3,4)5/h10-11,14,17H,6-9H2,1-5H3,(H,18,19). The zero-order valence-electron chi connectivity index (χ0n) is 14.3. The van der Waals surface area contributed by atoms with Gasteiger partial charge in [-0.1, -0.05) is 0 Å². The van der Waals surface area contributed by atoms with Gasteiger partial charge in [0, 0.05) is 36.4 Å².